The number of imidazole rings is 1. The molecule has 2 unspecified atom stereocenters. The second-order valence-electron chi connectivity index (χ2n) is 8.35. The lowest BCUT2D eigenvalue weighted by molar-refractivity contribution is 0.127. The molecule has 5 rings (SSSR count). The average molecular weight is 432 g/mol. The molecule has 2 fully saturated rings. The Hall–Kier alpha value is -3.57. The van der Waals surface area contributed by atoms with Crippen LogP contribution in [0.4, 0.5) is 4.79 Å². The zero-order valence-corrected chi connectivity index (χ0v) is 17.9. The summed E-state index contributed by atoms with van der Waals surface area (Å²) in [6, 6.07) is 9.79. The first-order valence-corrected chi connectivity index (χ1v) is 10.6. The quantitative estimate of drug-likeness (QED) is 0.637. The number of fused-ring (bicyclic) bond motifs is 1. The van der Waals surface area contributed by atoms with Crippen LogP contribution in [0.3, 0.4) is 0 Å². The van der Waals surface area contributed by atoms with Gasteiger partial charge in [-0.2, -0.15) is 0 Å². The SMILES string of the molecule is COC(=O)N1CC2C(C#Cc3ccc(-c4cc(Cn5ccnc5[C@H](C)O)no4)cc3)C2C1. The number of piperidine rings is 1. The van der Waals surface area contributed by atoms with E-state index in [1.165, 1.54) is 7.11 Å². The molecule has 1 aromatic carbocycles. The van der Waals surface area contributed by atoms with Gasteiger partial charge in [-0.3, -0.25) is 0 Å². The third kappa shape index (κ3) is 3.87. The highest BCUT2D eigenvalue weighted by atomic mass is 16.5. The minimum atomic E-state index is -0.646. The van der Waals surface area contributed by atoms with Gasteiger partial charge < -0.3 is 23.8 Å². The van der Waals surface area contributed by atoms with E-state index < -0.39 is 6.10 Å². The number of likely N-dealkylation sites (tertiary alicyclic amines) is 1. The summed E-state index contributed by atoms with van der Waals surface area (Å²) in [5.41, 5.74) is 2.63. The van der Waals surface area contributed by atoms with Crippen molar-refractivity contribution in [2.24, 2.45) is 17.8 Å². The van der Waals surface area contributed by atoms with Crippen LogP contribution >= 0.6 is 0 Å². The largest absolute Gasteiger partial charge is 0.453 e. The van der Waals surface area contributed by atoms with Crippen LogP contribution in [-0.4, -0.2) is 51.0 Å². The molecule has 8 nitrogen and oxygen atoms in total. The van der Waals surface area contributed by atoms with E-state index in [4.69, 9.17) is 9.26 Å². The summed E-state index contributed by atoms with van der Waals surface area (Å²) in [6.07, 6.45) is 2.58. The summed E-state index contributed by atoms with van der Waals surface area (Å²) in [6.45, 7) is 3.64. The number of carbonyl (C=O) groups excluding carboxylic acids is 1. The standard InChI is InChI=1S/C24H24N4O4/c1-15(29)23-25-9-10-27(23)12-18-11-22(32-26-18)17-6-3-16(4-7-17)5-8-19-20-13-28(14-21(19)20)24(30)31-2/h3-4,6-7,9-11,15,19-21,29H,12-14H2,1-2H3/t15-,19?,20?,21?/m0/s1. The molecule has 2 aromatic heterocycles. The first-order valence-electron chi connectivity index (χ1n) is 10.6. The molecular formula is C24H24N4O4. The molecule has 0 radical (unpaired) electrons. The van der Waals surface area contributed by atoms with Gasteiger partial charge in [0.15, 0.2) is 5.76 Å². The van der Waals surface area contributed by atoms with Gasteiger partial charge >= 0.3 is 6.09 Å². The Labute approximate surface area is 185 Å². The first kappa shape index (κ1) is 20.3. The Morgan fingerprint density at radius 1 is 1.31 bits per heavy atom. The smallest absolute Gasteiger partial charge is 0.409 e. The fourth-order valence-electron chi connectivity index (χ4n) is 4.42. The number of aliphatic hydroxyl groups excluding tert-OH is 1. The maximum atomic E-state index is 11.6. The van der Waals surface area contributed by atoms with Crippen LogP contribution in [-0.2, 0) is 11.3 Å². The van der Waals surface area contributed by atoms with Crippen molar-refractivity contribution in [2.45, 2.75) is 19.6 Å². The maximum absolute atomic E-state index is 11.6. The number of carbonyl (C=O) groups is 1. The van der Waals surface area contributed by atoms with E-state index in [1.54, 1.807) is 18.0 Å². The average Bonchev–Trinajstić information content (AvgIpc) is 3.29. The maximum Gasteiger partial charge on any atom is 0.409 e. The van der Waals surface area contributed by atoms with E-state index in [2.05, 4.69) is 22.0 Å². The van der Waals surface area contributed by atoms with Gasteiger partial charge in [-0.25, -0.2) is 9.78 Å². The fraction of sp³-hybridized carbons (Fsp3) is 0.375. The molecule has 1 aliphatic carbocycles. The van der Waals surface area contributed by atoms with Gasteiger partial charge in [0.05, 0.1) is 13.7 Å². The molecule has 0 bridgehead atoms. The Morgan fingerprint density at radius 2 is 2.06 bits per heavy atom. The van der Waals surface area contributed by atoms with Crippen LogP contribution < -0.4 is 0 Å². The number of rotatable bonds is 4. The lowest BCUT2D eigenvalue weighted by atomic mass is 10.1. The van der Waals surface area contributed by atoms with Crippen molar-refractivity contribution in [3.8, 4) is 23.2 Å². The number of benzene rings is 1. The molecule has 164 valence electrons. The van der Waals surface area contributed by atoms with E-state index in [9.17, 15) is 9.90 Å². The van der Waals surface area contributed by atoms with E-state index >= 15 is 0 Å². The summed E-state index contributed by atoms with van der Waals surface area (Å²) in [4.78, 5) is 17.5. The van der Waals surface area contributed by atoms with Gasteiger partial charge in [-0.05, 0) is 43.0 Å². The monoisotopic (exact) mass is 432 g/mol. The Bertz CT molecular complexity index is 1170. The third-order valence-corrected chi connectivity index (χ3v) is 6.19. The van der Waals surface area contributed by atoms with Crippen molar-refractivity contribution in [3.05, 3.63) is 59.8 Å². The van der Waals surface area contributed by atoms with Crippen molar-refractivity contribution >= 4 is 6.09 Å². The number of nitrogens with zero attached hydrogens (tertiary/aromatic N) is 4. The lowest BCUT2D eigenvalue weighted by Gasteiger charge is -2.16. The van der Waals surface area contributed by atoms with E-state index in [1.807, 2.05) is 41.1 Å². The predicted octanol–water partition coefficient (Wildman–Crippen LogP) is 2.94. The van der Waals surface area contributed by atoms with Crippen molar-refractivity contribution in [1.29, 1.82) is 0 Å². The van der Waals surface area contributed by atoms with Crippen LogP contribution in [0.2, 0.25) is 0 Å². The van der Waals surface area contributed by atoms with Crippen LogP contribution in [0.5, 0.6) is 0 Å². The summed E-state index contributed by atoms with van der Waals surface area (Å²) >= 11 is 0. The minimum Gasteiger partial charge on any atom is -0.453 e. The van der Waals surface area contributed by atoms with Gasteiger partial charge in [-0.1, -0.05) is 17.0 Å². The molecule has 1 N–H and O–H groups in total. The molecule has 8 heteroatoms. The summed E-state index contributed by atoms with van der Waals surface area (Å²) < 4.78 is 12.1. The molecule has 1 saturated heterocycles. The van der Waals surface area contributed by atoms with E-state index in [0.717, 1.165) is 29.9 Å². The number of amides is 1. The van der Waals surface area contributed by atoms with Crippen molar-refractivity contribution in [1.82, 2.24) is 19.6 Å². The summed E-state index contributed by atoms with van der Waals surface area (Å²) in [5.74, 6) is 9.20. The highest BCUT2D eigenvalue weighted by Crippen LogP contribution is 2.51. The van der Waals surface area contributed by atoms with Gasteiger partial charge in [0.25, 0.3) is 0 Å². The van der Waals surface area contributed by atoms with Gasteiger partial charge in [0, 0.05) is 48.6 Å². The Morgan fingerprint density at radius 3 is 2.75 bits per heavy atom. The second-order valence-corrected chi connectivity index (χ2v) is 8.35. The molecule has 1 saturated carbocycles. The minimum absolute atomic E-state index is 0.247. The number of methoxy groups -OCH3 is 1. The van der Waals surface area contributed by atoms with Gasteiger partial charge in [0.1, 0.15) is 17.6 Å². The number of ether oxygens (including phenoxy) is 1. The Balaban J connectivity index is 1.20. The number of aromatic nitrogens is 3. The fourth-order valence-corrected chi connectivity index (χ4v) is 4.42. The number of hydrogen-bond donors (Lipinski definition) is 1. The van der Waals surface area contributed by atoms with Crippen molar-refractivity contribution < 1.29 is 19.2 Å². The highest BCUT2D eigenvalue weighted by Gasteiger charge is 2.56. The topological polar surface area (TPSA) is 93.6 Å². The Kier molecular flexibility index (Phi) is 5.19. The molecule has 2 aliphatic rings. The second kappa shape index (κ2) is 8.17. The molecule has 1 amide bonds. The van der Waals surface area contributed by atoms with Crippen LogP contribution in [0.25, 0.3) is 11.3 Å². The zero-order valence-electron chi connectivity index (χ0n) is 17.9. The molecule has 3 aromatic rings. The molecule has 32 heavy (non-hydrogen) atoms. The van der Waals surface area contributed by atoms with Gasteiger partial charge in [0.2, 0.25) is 0 Å². The van der Waals surface area contributed by atoms with Crippen molar-refractivity contribution in [2.75, 3.05) is 20.2 Å². The summed E-state index contributed by atoms with van der Waals surface area (Å²) in [5, 5.41) is 13.9. The van der Waals surface area contributed by atoms with Gasteiger partial charge in [-0.15, -0.1) is 0 Å². The van der Waals surface area contributed by atoms with Crippen LogP contribution in [0.1, 0.15) is 30.1 Å². The third-order valence-electron chi connectivity index (χ3n) is 6.19. The number of hydrogen-bond acceptors (Lipinski definition) is 6. The first-order chi connectivity index (χ1) is 15.5. The molecule has 3 heterocycles. The van der Waals surface area contributed by atoms with E-state index in [0.29, 0.717) is 35.9 Å². The van der Waals surface area contributed by atoms with Crippen LogP contribution in [0.15, 0.2) is 47.2 Å². The number of aliphatic hydroxyl groups is 1. The molecular weight excluding hydrogens is 408 g/mol. The predicted molar refractivity (Wildman–Crippen MR) is 115 cm³/mol. The zero-order chi connectivity index (χ0) is 22.2. The molecule has 0 spiro atoms. The normalized spacial score (nSPS) is 22.1. The molecule has 1 aliphatic heterocycles. The van der Waals surface area contributed by atoms with Crippen LogP contribution in [0, 0.1) is 29.6 Å². The highest BCUT2D eigenvalue weighted by molar-refractivity contribution is 5.68. The molecule has 3 atom stereocenters. The lowest BCUT2D eigenvalue weighted by Crippen LogP contribution is -2.31. The van der Waals surface area contributed by atoms with Crippen molar-refractivity contribution in [3.63, 3.8) is 0 Å². The summed E-state index contributed by atoms with van der Waals surface area (Å²) in [7, 11) is 1.42. The van der Waals surface area contributed by atoms with E-state index in [-0.39, 0.29) is 6.09 Å².